The van der Waals surface area contributed by atoms with Gasteiger partial charge in [0, 0.05) is 25.2 Å². The van der Waals surface area contributed by atoms with Gasteiger partial charge in [0.1, 0.15) is 16.7 Å². The molecule has 1 aliphatic heterocycles. The topological polar surface area (TPSA) is 93.1 Å². The van der Waals surface area contributed by atoms with Gasteiger partial charge in [0.25, 0.3) is 5.91 Å². The van der Waals surface area contributed by atoms with Crippen LogP contribution in [-0.4, -0.2) is 50.8 Å². The number of piperidine rings is 1. The van der Waals surface area contributed by atoms with Crippen molar-refractivity contribution in [2.45, 2.75) is 18.8 Å². The van der Waals surface area contributed by atoms with Gasteiger partial charge in [0.15, 0.2) is 0 Å². The lowest BCUT2D eigenvalue weighted by atomic mass is 9.97. The molecule has 4 rings (SSSR count). The number of hydrogen-bond acceptors (Lipinski definition) is 5. The lowest BCUT2D eigenvalue weighted by molar-refractivity contribution is 0.0704. The zero-order chi connectivity index (χ0) is 20.4. The Labute approximate surface area is 172 Å². The number of rotatable bonds is 4. The van der Waals surface area contributed by atoms with Crippen molar-refractivity contribution in [3.8, 4) is 11.4 Å². The van der Waals surface area contributed by atoms with Crippen LogP contribution in [0.3, 0.4) is 0 Å². The molecule has 1 N–H and O–H groups in total. The van der Waals surface area contributed by atoms with Gasteiger partial charge in [-0.3, -0.25) is 9.78 Å². The Morgan fingerprint density at radius 1 is 1.24 bits per heavy atom. The third-order valence-electron chi connectivity index (χ3n) is 5.02. The third kappa shape index (κ3) is 4.02. The molecule has 3 aromatic rings. The smallest absolute Gasteiger partial charge is 0.348 e. The molecule has 1 aromatic carbocycles. The first kappa shape index (κ1) is 19.2. The summed E-state index contributed by atoms with van der Waals surface area (Å²) in [4.78, 5) is 33.8. The summed E-state index contributed by atoms with van der Waals surface area (Å²) in [7, 11) is 1.59. The molecule has 0 spiro atoms. The Bertz CT molecular complexity index is 1060. The number of ether oxygens (including phenoxy) is 1. The first-order valence-electron chi connectivity index (χ1n) is 9.29. The van der Waals surface area contributed by atoms with Gasteiger partial charge in [-0.15, -0.1) is 5.10 Å². The molecule has 1 atom stereocenters. The van der Waals surface area contributed by atoms with Gasteiger partial charge >= 0.3 is 5.69 Å². The van der Waals surface area contributed by atoms with Gasteiger partial charge in [-0.1, -0.05) is 11.6 Å². The molecule has 1 saturated heterocycles. The Morgan fingerprint density at radius 2 is 2.03 bits per heavy atom. The number of carbonyl (C=O) groups is 1. The first-order valence-corrected chi connectivity index (χ1v) is 9.67. The van der Waals surface area contributed by atoms with Gasteiger partial charge in [0.05, 0.1) is 18.4 Å². The van der Waals surface area contributed by atoms with Gasteiger partial charge in [0.2, 0.25) is 0 Å². The highest BCUT2D eigenvalue weighted by Gasteiger charge is 2.28. The molecule has 29 heavy (non-hydrogen) atoms. The maximum atomic E-state index is 12.8. The van der Waals surface area contributed by atoms with Crippen LogP contribution in [0.4, 0.5) is 0 Å². The lowest BCUT2D eigenvalue weighted by Crippen LogP contribution is -2.39. The second-order valence-electron chi connectivity index (χ2n) is 6.89. The first-order chi connectivity index (χ1) is 14.0. The molecule has 0 radical (unpaired) electrons. The van der Waals surface area contributed by atoms with E-state index in [-0.39, 0.29) is 17.5 Å². The number of carbonyl (C=O) groups excluding carboxylic acids is 1. The number of halogens is 1. The fourth-order valence-corrected chi connectivity index (χ4v) is 3.60. The standard InChI is InChI=1S/C20H20ClN5O3/c1-29-16-7-5-15(6-8-16)26-20(28)23-18(24-26)14-3-2-10-25(12-14)19(27)13-4-9-17(21)22-11-13/h4-9,11,14H,2-3,10,12H2,1H3,(H,23,24,28). The quantitative estimate of drug-likeness (QED) is 0.663. The number of methoxy groups -OCH3 is 1. The van der Waals surface area contributed by atoms with Crippen molar-refractivity contribution in [1.29, 1.82) is 0 Å². The Balaban J connectivity index is 1.53. The SMILES string of the molecule is COc1ccc(-n2nc(C3CCCN(C(=O)c4ccc(Cl)nc4)C3)[nH]c2=O)cc1. The van der Waals surface area contributed by atoms with Gasteiger partial charge in [-0.2, -0.15) is 4.68 Å². The number of nitrogens with one attached hydrogen (secondary N) is 1. The van der Waals surface area contributed by atoms with Crippen LogP contribution >= 0.6 is 11.6 Å². The molecule has 1 unspecified atom stereocenters. The normalized spacial score (nSPS) is 16.6. The zero-order valence-corrected chi connectivity index (χ0v) is 16.6. The number of hydrogen-bond donors (Lipinski definition) is 1. The molecule has 0 aliphatic carbocycles. The molecule has 3 heterocycles. The Kier molecular flexibility index (Phi) is 5.35. The number of likely N-dealkylation sites (tertiary alicyclic amines) is 1. The second-order valence-corrected chi connectivity index (χ2v) is 7.27. The van der Waals surface area contributed by atoms with Crippen molar-refractivity contribution in [2.24, 2.45) is 0 Å². The van der Waals surface area contributed by atoms with E-state index in [1.807, 2.05) is 0 Å². The van der Waals surface area contributed by atoms with E-state index in [0.717, 1.165) is 12.8 Å². The molecule has 9 heteroatoms. The number of aromatic amines is 1. The fourth-order valence-electron chi connectivity index (χ4n) is 3.49. The second kappa shape index (κ2) is 8.08. The number of benzene rings is 1. The van der Waals surface area contributed by atoms with Gasteiger partial charge in [-0.05, 0) is 49.2 Å². The molecular formula is C20H20ClN5O3. The van der Waals surface area contributed by atoms with Crippen LogP contribution in [-0.2, 0) is 0 Å². The number of nitrogens with zero attached hydrogens (tertiary/aromatic N) is 4. The monoisotopic (exact) mass is 413 g/mol. The summed E-state index contributed by atoms with van der Waals surface area (Å²) < 4.78 is 6.48. The van der Waals surface area contributed by atoms with Gasteiger partial charge < -0.3 is 9.64 Å². The van der Waals surface area contributed by atoms with E-state index in [4.69, 9.17) is 16.3 Å². The summed E-state index contributed by atoms with van der Waals surface area (Å²) in [5, 5.41) is 4.82. The molecule has 8 nitrogen and oxygen atoms in total. The minimum absolute atomic E-state index is 0.0415. The molecule has 150 valence electrons. The van der Waals surface area contributed by atoms with E-state index >= 15 is 0 Å². The highest BCUT2D eigenvalue weighted by molar-refractivity contribution is 6.29. The number of H-pyrrole nitrogens is 1. The molecule has 1 fully saturated rings. The minimum Gasteiger partial charge on any atom is -0.497 e. The van der Waals surface area contributed by atoms with Crippen molar-refractivity contribution in [3.05, 3.63) is 69.6 Å². The number of pyridine rings is 1. The highest BCUT2D eigenvalue weighted by atomic mass is 35.5. The highest BCUT2D eigenvalue weighted by Crippen LogP contribution is 2.25. The van der Waals surface area contributed by atoms with E-state index in [0.29, 0.717) is 41.1 Å². The summed E-state index contributed by atoms with van der Waals surface area (Å²) in [6.45, 7) is 1.14. The van der Waals surface area contributed by atoms with Gasteiger partial charge in [-0.25, -0.2) is 9.78 Å². The van der Waals surface area contributed by atoms with Crippen LogP contribution in [0.5, 0.6) is 5.75 Å². The molecule has 1 aliphatic rings. The predicted octanol–water partition coefficient (Wildman–Crippen LogP) is 2.64. The van der Waals surface area contributed by atoms with Crippen LogP contribution in [0.15, 0.2) is 47.4 Å². The van der Waals surface area contributed by atoms with E-state index in [1.54, 1.807) is 48.4 Å². The zero-order valence-electron chi connectivity index (χ0n) is 15.8. The fraction of sp³-hybridized carbons (Fsp3) is 0.300. The predicted molar refractivity (Wildman–Crippen MR) is 108 cm³/mol. The van der Waals surface area contributed by atoms with E-state index in [1.165, 1.54) is 10.9 Å². The summed E-state index contributed by atoms with van der Waals surface area (Å²) in [5.41, 5.74) is 0.831. The number of aromatic nitrogens is 4. The summed E-state index contributed by atoms with van der Waals surface area (Å²) in [6.07, 6.45) is 3.15. The average molecular weight is 414 g/mol. The van der Waals surface area contributed by atoms with E-state index < -0.39 is 0 Å². The summed E-state index contributed by atoms with van der Waals surface area (Å²) in [5.74, 6) is 1.14. The average Bonchev–Trinajstić information content (AvgIpc) is 3.15. The van der Waals surface area contributed by atoms with Crippen LogP contribution in [0.1, 0.15) is 34.9 Å². The third-order valence-corrected chi connectivity index (χ3v) is 5.25. The van der Waals surface area contributed by atoms with Crippen LogP contribution in [0.25, 0.3) is 5.69 Å². The largest absolute Gasteiger partial charge is 0.497 e. The minimum atomic E-state index is -0.310. The van der Waals surface area contributed by atoms with Crippen molar-refractivity contribution < 1.29 is 9.53 Å². The molecule has 0 bridgehead atoms. The number of amides is 1. The van der Waals surface area contributed by atoms with Crippen LogP contribution < -0.4 is 10.4 Å². The summed E-state index contributed by atoms with van der Waals surface area (Å²) in [6, 6.07) is 10.4. The molecule has 0 saturated carbocycles. The molecular weight excluding hydrogens is 394 g/mol. The van der Waals surface area contributed by atoms with Crippen molar-refractivity contribution in [1.82, 2.24) is 24.6 Å². The Hall–Kier alpha value is -3.13. The van der Waals surface area contributed by atoms with E-state index in [9.17, 15) is 9.59 Å². The van der Waals surface area contributed by atoms with Crippen molar-refractivity contribution in [2.75, 3.05) is 20.2 Å². The molecule has 1 amide bonds. The Morgan fingerprint density at radius 3 is 2.72 bits per heavy atom. The van der Waals surface area contributed by atoms with Crippen LogP contribution in [0, 0.1) is 0 Å². The van der Waals surface area contributed by atoms with Crippen molar-refractivity contribution in [3.63, 3.8) is 0 Å². The lowest BCUT2D eigenvalue weighted by Gasteiger charge is -2.31. The molecule has 2 aromatic heterocycles. The maximum Gasteiger partial charge on any atom is 0.348 e. The summed E-state index contributed by atoms with van der Waals surface area (Å²) >= 11 is 5.80. The maximum absolute atomic E-state index is 12.8. The van der Waals surface area contributed by atoms with Crippen LogP contribution in [0.2, 0.25) is 5.15 Å². The van der Waals surface area contributed by atoms with E-state index in [2.05, 4.69) is 15.1 Å². The van der Waals surface area contributed by atoms with Crippen molar-refractivity contribution >= 4 is 17.5 Å².